The number of carboxylic acid groups (broad SMARTS) is 1. The average Bonchev–Trinajstić information content (AvgIpc) is 2.62. The Hall–Kier alpha value is -1.01. The Bertz CT molecular complexity index is 417. The molecular formula is C12H17NO3S2. The highest BCUT2D eigenvalue weighted by molar-refractivity contribution is 8.00. The van der Waals surface area contributed by atoms with E-state index >= 15 is 0 Å². The van der Waals surface area contributed by atoms with Crippen molar-refractivity contribution in [2.24, 2.45) is 0 Å². The van der Waals surface area contributed by atoms with E-state index in [2.05, 4.69) is 24.4 Å². The molecular weight excluding hydrogens is 270 g/mol. The van der Waals surface area contributed by atoms with Crippen molar-refractivity contribution >= 4 is 35.0 Å². The average molecular weight is 287 g/mol. The number of thiophene rings is 1. The number of hydrogen-bond donors (Lipinski definition) is 2. The van der Waals surface area contributed by atoms with Crippen LogP contribution in [0.5, 0.6) is 0 Å². The summed E-state index contributed by atoms with van der Waals surface area (Å²) in [6, 6.07) is 4.21. The molecule has 0 fully saturated rings. The molecule has 1 aromatic rings. The van der Waals surface area contributed by atoms with E-state index in [1.165, 1.54) is 9.75 Å². The molecule has 6 heteroatoms. The van der Waals surface area contributed by atoms with Crippen LogP contribution < -0.4 is 5.32 Å². The molecule has 1 amide bonds. The summed E-state index contributed by atoms with van der Waals surface area (Å²) in [6.45, 7) is 4.01. The van der Waals surface area contributed by atoms with E-state index < -0.39 is 5.97 Å². The highest BCUT2D eigenvalue weighted by atomic mass is 32.2. The number of carboxylic acids is 1. The standard InChI is InChI=1S/C12H17NO3S2/c1-8(5-10-4-3-9(2)18-10)13-11(14)6-17-7-12(15)16/h3-4,8H,5-7H2,1-2H3,(H,13,14)(H,15,16). The Morgan fingerprint density at radius 1 is 1.44 bits per heavy atom. The summed E-state index contributed by atoms with van der Waals surface area (Å²) < 4.78 is 0. The van der Waals surface area contributed by atoms with Crippen LogP contribution in [0, 0.1) is 6.92 Å². The molecule has 0 saturated heterocycles. The van der Waals surface area contributed by atoms with Gasteiger partial charge < -0.3 is 10.4 Å². The zero-order valence-electron chi connectivity index (χ0n) is 10.4. The molecule has 18 heavy (non-hydrogen) atoms. The summed E-state index contributed by atoms with van der Waals surface area (Å²) in [4.78, 5) is 24.3. The first kappa shape index (κ1) is 15.0. The van der Waals surface area contributed by atoms with E-state index in [1.807, 2.05) is 6.92 Å². The van der Waals surface area contributed by atoms with Gasteiger partial charge in [-0.2, -0.15) is 0 Å². The largest absolute Gasteiger partial charge is 0.481 e. The fourth-order valence-corrected chi connectivity index (χ4v) is 3.06. The molecule has 0 aliphatic carbocycles. The minimum atomic E-state index is -0.894. The van der Waals surface area contributed by atoms with Gasteiger partial charge in [-0.25, -0.2) is 0 Å². The fraction of sp³-hybridized carbons (Fsp3) is 0.500. The first-order valence-electron chi connectivity index (χ1n) is 5.61. The molecule has 1 atom stereocenters. The molecule has 0 aromatic carbocycles. The van der Waals surface area contributed by atoms with Crippen molar-refractivity contribution in [3.05, 3.63) is 21.9 Å². The Balaban J connectivity index is 2.25. The maximum absolute atomic E-state index is 11.5. The molecule has 2 N–H and O–H groups in total. The summed E-state index contributed by atoms with van der Waals surface area (Å²) in [5.74, 6) is -0.844. The molecule has 0 spiro atoms. The molecule has 4 nitrogen and oxygen atoms in total. The van der Waals surface area contributed by atoms with Gasteiger partial charge in [-0.05, 0) is 26.0 Å². The van der Waals surface area contributed by atoms with E-state index in [4.69, 9.17) is 5.11 Å². The second-order valence-corrected chi connectivity index (χ2v) is 6.43. The fourth-order valence-electron chi connectivity index (χ4n) is 1.50. The number of carbonyl (C=O) groups is 2. The lowest BCUT2D eigenvalue weighted by atomic mass is 10.2. The van der Waals surface area contributed by atoms with Gasteiger partial charge in [0.05, 0.1) is 11.5 Å². The highest BCUT2D eigenvalue weighted by Gasteiger charge is 2.10. The third kappa shape index (κ3) is 6.07. The van der Waals surface area contributed by atoms with Gasteiger partial charge in [-0.1, -0.05) is 0 Å². The maximum Gasteiger partial charge on any atom is 0.313 e. The number of carbonyl (C=O) groups excluding carboxylic acids is 1. The Labute approximate surface area is 115 Å². The van der Waals surface area contributed by atoms with Crippen molar-refractivity contribution < 1.29 is 14.7 Å². The number of nitrogens with one attached hydrogen (secondary N) is 1. The monoisotopic (exact) mass is 287 g/mol. The number of amides is 1. The van der Waals surface area contributed by atoms with Crippen LogP contribution in [0.25, 0.3) is 0 Å². The predicted octanol–water partition coefficient (Wildman–Crippen LogP) is 1.92. The first-order chi connectivity index (χ1) is 8.47. The normalized spacial score (nSPS) is 12.1. The number of hydrogen-bond acceptors (Lipinski definition) is 4. The van der Waals surface area contributed by atoms with Gasteiger partial charge in [0.2, 0.25) is 5.91 Å². The zero-order valence-corrected chi connectivity index (χ0v) is 12.1. The lowest BCUT2D eigenvalue weighted by molar-refractivity contribution is -0.133. The van der Waals surface area contributed by atoms with E-state index in [0.29, 0.717) is 0 Å². The molecule has 0 aliphatic rings. The van der Waals surface area contributed by atoms with Crippen LogP contribution in [0.1, 0.15) is 16.7 Å². The smallest absolute Gasteiger partial charge is 0.313 e. The molecule has 1 rings (SSSR count). The van der Waals surface area contributed by atoms with E-state index in [9.17, 15) is 9.59 Å². The number of aliphatic carboxylic acids is 1. The van der Waals surface area contributed by atoms with Gasteiger partial charge in [0.1, 0.15) is 0 Å². The van der Waals surface area contributed by atoms with Crippen molar-refractivity contribution in [1.29, 1.82) is 0 Å². The minimum Gasteiger partial charge on any atom is -0.481 e. The van der Waals surface area contributed by atoms with E-state index in [1.54, 1.807) is 11.3 Å². The van der Waals surface area contributed by atoms with Gasteiger partial charge >= 0.3 is 5.97 Å². The molecule has 100 valence electrons. The number of thioether (sulfide) groups is 1. The van der Waals surface area contributed by atoms with Crippen LogP contribution in [0.2, 0.25) is 0 Å². The van der Waals surface area contributed by atoms with Gasteiger partial charge in [-0.3, -0.25) is 9.59 Å². The van der Waals surface area contributed by atoms with Gasteiger partial charge in [0, 0.05) is 22.2 Å². The van der Waals surface area contributed by atoms with Crippen LogP contribution in [-0.4, -0.2) is 34.5 Å². The van der Waals surface area contributed by atoms with Crippen LogP contribution in [0.15, 0.2) is 12.1 Å². The summed E-state index contributed by atoms with van der Waals surface area (Å²) >= 11 is 2.84. The number of rotatable bonds is 7. The quantitative estimate of drug-likeness (QED) is 0.804. The van der Waals surface area contributed by atoms with Crippen LogP contribution in [0.3, 0.4) is 0 Å². The summed E-state index contributed by atoms with van der Waals surface area (Å²) in [6.07, 6.45) is 0.813. The molecule has 0 bridgehead atoms. The molecule has 0 saturated carbocycles. The van der Waals surface area contributed by atoms with E-state index in [-0.39, 0.29) is 23.5 Å². The SMILES string of the molecule is Cc1ccc(CC(C)NC(=O)CSCC(=O)O)s1. The van der Waals surface area contributed by atoms with Crippen molar-refractivity contribution in [3.63, 3.8) is 0 Å². The first-order valence-corrected chi connectivity index (χ1v) is 7.58. The van der Waals surface area contributed by atoms with Crippen molar-refractivity contribution in [1.82, 2.24) is 5.32 Å². The minimum absolute atomic E-state index is 0.0358. The van der Waals surface area contributed by atoms with Crippen LogP contribution in [0.4, 0.5) is 0 Å². The lowest BCUT2D eigenvalue weighted by Crippen LogP contribution is -2.35. The molecule has 1 unspecified atom stereocenters. The molecule has 0 aliphatic heterocycles. The topological polar surface area (TPSA) is 66.4 Å². The van der Waals surface area contributed by atoms with Crippen molar-refractivity contribution in [2.45, 2.75) is 26.3 Å². The molecule has 1 heterocycles. The predicted molar refractivity (Wildman–Crippen MR) is 75.3 cm³/mol. The molecule has 1 aromatic heterocycles. The maximum atomic E-state index is 11.5. The zero-order chi connectivity index (χ0) is 13.5. The van der Waals surface area contributed by atoms with Gasteiger partial charge in [0.15, 0.2) is 0 Å². The van der Waals surface area contributed by atoms with Gasteiger partial charge in [0.25, 0.3) is 0 Å². The van der Waals surface area contributed by atoms with E-state index in [0.717, 1.165) is 18.2 Å². The Kier molecular flexibility index (Phi) is 6.21. The third-order valence-electron chi connectivity index (χ3n) is 2.17. The van der Waals surface area contributed by atoms with Gasteiger partial charge in [-0.15, -0.1) is 23.1 Å². The molecule has 0 radical (unpaired) electrons. The van der Waals surface area contributed by atoms with Crippen molar-refractivity contribution in [3.8, 4) is 0 Å². The Morgan fingerprint density at radius 2 is 2.17 bits per heavy atom. The highest BCUT2D eigenvalue weighted by Crippen LogP contribution is 2.16. The van der Waals surface area contributed by atoms with Crippen molar-refractivity contribution in [2.75, 3.05) is 11.5 Å². The second-order valence-electron chi connectivity index (χ2n) is 4.07. The summed E-state index contributed by atoms with van der Waals surface area (Å²) in [5, 5.41) is 11.3. The summed E-state index contributed by atoms with van der Waals surface area (Å²) in [5.41, 5.74) is 0. The third-order valence-corrected chi connectivity index (χ3v) is 4.11. The lowest BCUT2D eigenvalue weighted by Gasteiger charge is -2.12. The summed E-state index contributed by atoms with van der Waals surface area (Å²) in [7, 11) is 0. The second kappa shape index (κ2) is 7.43. The number of aryl methyl sites for hydroxylation is 1. The Morgan fingerprint density at radius 3 is 2.72 bits per heavy atom. The van der Waals surface area contributed by atoms with Crippen LogP contribution in [-0.2, 0) is 16.0 Å². The van der Waals surface area contributed by atoms with Crippen LogP contribution >= 0.6 is 23.1 Å².